The molecule has 0 saturated heterocycles. The van der Waals surface area contributed by atoms with Crippen LogP contribution in [0.5, 0.6) is 11.5 Å². The number of fused-ring (bicyclic) bond motifs is 3. The molecule has 0 aliphatic heterocycles. The first-order chi connectivity index (χ1) is 12.7. The number of ether oxygens (including phenoxy) is 2. The molecule has 0 atom stereocenters. The summed E-state index contributed by atoms with van der Waals surface area (Å²) in [5.41, 5.74) is -0.610. The summed E-state index contributed by atoms with van der Waals surface area (Å²) in [4.78, 5) is 23.4. The van der Waals surface area contributed by atoms with E-state index in [-0.39, 0.29) is 11.7 Å². The Bertz CT molecular complexity index is 1080. The summed E-state index contributed by atoms with van der Waals surface area (Å²) >= 11 is 0. The fourth-order valence-electron chi connectivity index (χ4n) is 2.62. The van der Waals surface area contributed by atoms with Gasteiger partial charge in [-0.1, -0.05) is 24.8 Å². The average Bonchev–Trinajstić information content (AvgIpc) is 2.62. The minimum atomic E-state index is -0.723. The maximum atomic E-state index is 14.7. The van der Waals surface area contributed by atoms with E-state index in [4.69, 9.17) is 9.47 Å². The lowest BCUT2D eigenvalue weighted by Crippen LogP contribution is -2.25. The zero-order chi connectivity index (χ0) is 19.8. The molecular weight excluding hydrogens is 347 g/mol. The van der Waals surface area contributed by atoms with Crippen LogP contribution >= 0.6 is 0 Å². The van der Waals surface area contributed by atoms with Crippen LogP contribution in [0.1, 0.15) is 20.8 Å². The van der Waals surface area contributed by atoms with Gasteiger partial charge < -0.3 is 9.47 Å². The highest BCUT2D eigenvalue weighted by molar-refractivity contribution is 6.08. The molecule has 0 spiro atoms. The van der Waals surface area contributed by atoms with E-state index in [2.05, 4.69) is 6.58 Å². The van der Waals surface area contributed by atoms with Crippen molar-refractivity contribution >= 4 is 33.5 Å². The third-order valence-corrected chi connectivity index (χ3v) is 4.09. The van der Waals surface area contributed by atoms with E-state index in [0.717, 1.165) is 16.8 Å². The first kappa shape index (κ1) is 18.6. The Hall–Kier alpha value is -3.21. The molecule has 0 N–H and O–H groups in total. The molecule has 0 heterocycles. The van der Waals surface area contributed by atoms with Gasteiger partial charge in [-0.15, -0.1) is 0 Å². The molecule has 3 rings (SSSR count). The molecule has 27 heavy (non-hydrogen) atoms. The van der Waals surface area contributed by atoms with Crippen molar-refractivity contribution in [3.05, 3.63) is 60.9 Å². The van der Waals surface area contributed by atoms with Gasteiger partial charge in [0.25, 0.3) is 0 Å². The predicted octanol–water partition coefficient (Wildman–Crippen LogP) is 5.18. The van der Waals surface area contributed by atoms with Crippen molar-refractivity contribution in [1.82, 2.24) is 0 Å². The van der Waals surface area contributed by atoms with Crippen LogP contribution in [0.4, 0.5) is 4.39 Å². The van der Waals surface area contributed by atoms with Crippen molar-refractivity contribution in [3.8, 4) is 11.5 Å². The van der Waals surface area contributed by atoms with Crippen LogP contribution in [-0.4, -0.2) is 11.9 Å². The lowest BCUT2D eigenvalue weighted by molar-refractivity contribution is -0.143. The van der Waals surface area contributed by atoms with E-state index in [1.807, 2.05) is 0 Å². The van der Waals surface area contributed by atoms with Gasteiger partial charge in [0.2, 0.25) is 0 Å². The van der Waals surface area contributed by atoms with E-state index in [0.29, 0.717) is 16.5 Å². The minimum Gasteiger partial charge on any atom is -0.426 e. The maximum Gasteiger partial charge on any atom is 0.335 e. The molecule has 3 aromatic rings. The summed E-state index contributed by atoms with van der Waals surface area (Å²) in [5.74, 6) is -1.39. The highest BCUT2D eigenvalue weighted by atomic mass is 19.1. The third-order valence-electron chi connectivity index (χ3n) is 4.09. The molecule has 3 aromatic carbocycles. The van der Waals surface area contributed by atoms with E-state index < -0.39 is 17.2 Å². The van der Waals surface area contributed by atoms with Crippen LogP contribution in [0, 0.1) is 11.2 Å². The molecule has 0 aliphatic rings. The van der Waals surface area contributed by atoms with Crippen molar-refractivity contribution < 1.29 is 23.5 Å². The second-order valence-corrected chi connectivity index (χ2v) is 7.19. The molecule has 0 fully saturated rings. The Kier molecular flexibility index (Phi) is 4.70. The molecule has 0 saturated carbocycles. The zero-order valence-corrected chi connectivity index (χ0v) is 15.3. The summed E-state index contributed by atoms with van der Waals surface area (Å²) in [5, 5.41) is 2.59. The third kappa shape index (κ3) is 3.67. The summed E-state index contributed by atoms with van der Waals surface area (Å²) in [6, 6.07) is 11.6. The fourth-order valence-corrected chi connectivity index (χ4v) is 2.62. The molecule has 138 valence electrons. The van der Waals surface area contributed by atoms with Crippen LogP contribution in [-0.2, 0) is 9.59 Å². The van der Waals surface area contributed by atoms with Gasteiger partial charge in [-0.3, -0.25) is 4.79 Å². The molecule has 0 unspecified atom stereocenters. The van der Waals surface area contributed by atoms with Crippen LogP contribution in [0.25, 0.3) is 21.5 Å². The van der Waals surface area contributed by atoms with Gasteiger partial charge in [0.05, 0.1) is 5.41 Å². The minimum absolute atomic E-state index is 0.150. The Labute approximate surface area is 156 Å². The lowest BCUT2D eigenvalue weighted by Gasteiger charge is -2.16. The van der Waals surface area contributed by atoms with Crippen LogP contribution in [0.2, 0.25) is 0 Å². The Morgan fingerprint density at radius 1 is 0.963 bits per heavy atom. The number of rotatable bonds is 3. The predicted molar refractivity (Wildman–Crippen MR) is 102 cm³/mol. The quantitative estimate of drug-likeness (QED) is 0.278. The second-order valence-electron chi connectivity index (χ2n) is 7.19. The number of hydrogen-bond donors (Lipinski definition) is 0. The SMILES string of the molecule is C=CC(=O)Oc1ccc2c(ccc3cc(OC(=O)C(C)(C)C)ccc32)c1F. The normalized spacial score (nSPS) is 11.4. The highest BCUT2D eigenvalue weighted by Crippen LogP contribution is 2.33. The number of esters is 2. The second kappa shape index (κ2) is 6.83. The first-order valence-electron chi connectivity index (χ1n) is 8.42. The monoisotopic (exact) mass is 366 g/mol. The van der Waals surface area contributed by atoms with Gasteiger partial charge >= 0.3 is 11.9 Å². The zero-order valence-electron chi connectivity index (χ0n) is 15.3. The Morgan fingerprint density at radius 2 is 1.63 bits per heavy atom. The molecule has 0 aliphatic carbocycles. The lowest BCUT2D eigenvalue weighted by atomic mass is 9.97. The highest BCUT2D eigenvalue weighted by Gasteiger charge is 2.23. The van der Waals surface area contributed by atoms with Crippen LogP contribution < -0.4 is 9.47 Å². The van der Waals surface area contributed by atoms with Gasteiger partial charge in [-0.05, 0) is 61.2 Å². The number of benzene rings is 3. The summed E-state index contributed by atoms with van der Waals surface area (Å²) in [7, 11) is 0. The molecule has 0 aromatic heterocycles. The average molecular weight is 366 g/mol. The summed E-state index contributed by atoms with van der Waals surface area (Å²) in [6.07, 6.45) is 0.977. The number of carbonyl (C=O) groups is 2. The van der Waals surface area contributed by atoms with Gasteiger partial charge in [-0.2, -0.15) is 0 Å². The van der Waals surface area contributed by atoms with Crippen LogP contribution in [0.3, 0.4) is 0 Å². The largest absolute Gasteiger partial charge is 0.426 e. The smallest absolute Gasteiger partial charge is 0.335 e. The molecular formula is C22H19FO4. The Morgan fingerprint density at radius 3 is 2.30 bits per heavy atom. The van der Waals surface area contributed by atoms with Gasteiger partial charge in [0.1, 0.15) is 5.75 Å². The topological polar surface area (TPSA) is 52.6 Å². The Balaban J connectivity index is 2.04. The summed E-state index contributed by atoms with van der Waals surface area (Å²) in [6.45, 7) is 8.64. The van der Waals surface area contributed by atoms with Crippen molar-refractivity contribution in [2.75, 3.05) is 0 Å². The van der Waals surface area contributed by atoms with Crippen molar-refractivity contribution in [1.29, 1.82) is 0 Å². The number of halogens is 1. The van der Waals surface area contributed by atoms with Crippen LogP contribution in [0.15, 0.2) is 55.1 Å². The van der Waals surface area contributed by atoms with Gasteiger partial charge in [-0.25, -0.2) is 9.18 Å². The van der Waals surface area contributed by atoms with E-state index in [1.54, 1.807) is 57.2 Å². The van der Waals surface area contributed by atoms with Gasteiger partial charge in [0, 0.05) is 11.5 Å². The molecule has 0 radical (unpaired) electrons. The molecule has 4 nitrogen and oxygen atoms in total. The fraction of sp³-hybridized carbons (Fsp3) is 0.182. The number of hydrogen-bond acceptors (Lipinski definition) is 4. The van der Waals surface area contributed by atoms with E-state index >= 15 is 0 Å². The van der Waals surface area contributed by atoms with E-state index in [9.17, 15) is 14.0 Å². The molecule has 0 bridgehead atoms. The molecule has 0 amide bonds. The van der Waals surface area contributed by atoms with E-state index in [1.165, 1.54) is 6.07 Å². The standard InChI is InChI=1S/C22H19FO4/c1-5-19(24)27-18-11-10-16-15-9-7-14(26-21(25)22(2,3)4)12-13(15)6-8-17(16)20(18)23/h5-12H,1H2,2-4H3. The van der Waals surface area contributed by atoms with Crippen molar-refractivity contribution in [2.45, 2.75) is 20.8 Å². The maximum absolute atomic E-state index is 14.7. The molecule has 5 heteroatoms. The first-order valence-corrected chi connectivity index (χ1v) is 8.42. The number of carbonyl (C=O) groups excluding carboxylic acids is 2. The van der Waals surface area contributed by atoms with Crippen molar-refractivity contribution in [2.24, 2.45) is 5.41 Å². The summed E-state index contributed by atoms with van der Waals surface area (Å²) < 4.78 is 25.0. The van der Waals surface area contributed by atoms with Gasteiger partial charge in [0.15, 0.2) is 11.6 Å². The van der Waals surface area contributed by atoms with Crippen molar-refractivity contribution in [3.63, 3.8) is 0 Å².